The first kappa shape index (κ1) is 15.7. The molecule has 1 aromatic heterocycles. The first-order valence-corrected chi connectivity index (χ1v) is 8.10. The number of carbonyl (C=O) groups excluding carboxylic acids is 1. The fourth-order valence-corrected chi connectivity index (χ4v) is 2.65. The van der Waals surface area contributed by atoms with Crippen LogP contribution in [0.5, 0.6) is 0 Å². The summed E-state index contributed by atoms with van der Waals surface area (Å²) in [6, 6.07) is 25.0. The van der Waals surface area contributed by atoms with Gasteiger partial charge in [-0.05, 0) is 51.9 Å². The van der Waals surface area contributed by atoms with Gasteiger partial charge in [-0.2, -0.15) is 0 Å². The van der Waals surface area contributed by atoms with E-state index in [-0.39, 0.29) is 5.91 Å². The van der Waals surface area contributed by atoms with Gasteiger partial charge in [-0.3, -0.25) is 4.79 Å². The molecule has 4 rings (SSSR count). The Morgan fingerprint density at radius 3 is 2.35 bits per heavy atom. The number of rotatable bonds is 4. The molecule has 126 valence electrons. The predicted molar refractivity (Wildman–Crippen MR) is 99.0 cm³/mol. The van der Waals surface area contributed by atoms with Crippen molar-refractivity contribution in [2.45, 2.75) is 0 Å². The second-order valence-corrected chi connectivity index (χ2v) is 5.70. The number of amides is 1. The molecule has 0 atom stereocenters. The predicted octanol–water partition coefficient (Wildman–Crippen LogP) is 3.58. The minimum Gasteiger partial charge on any atom is -0.322 e. The molecule has 0 aliphatic heterocycles. The lowest BCUT2D eigenvalue weighted by molar-refractivity contribution is 0.102. The van der Waals surface area contributed by atoms with Crippen LogP contribution < -0.4 is 5.32 Å². The number of tetrazole rings is 1. The third-order valence-electron chi connectivity index (χ3n) is 3.97. The van der Waals surface area contributed by atoms with Crippen LogP contribution in [0.4, 0.5) is 5.69 Å². The van der Waals surface area contributed by atoms with Crippen molar-refractivity contribution in [1.29, 1.82) is 0 Å². The third-order valence-corrected chi connectivity index (χ3v) is 3.97. The van der Waals surface area contributed by atoms with Gasteiger partial charge >= 0.3 is 0 Å². The molecular formula is C20H15N5O. The first-order valence-electron chi connectivity index (χ1n) is 8.10. The van der Waals surface area contributed by atoms with Crippen molar-refractivity contribution < 1.29 is 4.79 Å². The summed E-state index contributed by atoms with van der Waals surface area (Å²) in [6.07, 6.45) is 1.49. The summed E-state index contributed by atoms with van der Waals surface area (Å²) in [5.41, 5.74) is 4.23. The van der Waals surface area contributed by atoms with Gasteiger partial charge in [0.2, 0.25) is 0 Å². The Kier molecular flexibility index (Phi) is 4.22. The summed E-state index contributed by atoms with van der Waals surface area (Å²) in [4.78, 5) is 12.5. The number of nitrogens with one attached hydrogen (secondary N) is 1. The summed E-state index contributed by atoms with van der Waals surface area (Å²) in [5, 5.41) is 14.0. The monoisotopic (exact) mass is 341 g/mol. The molecule has 1 N–H and O–H groups in total. The highest BCUT2D eigenvalue weighted by Gasteiger charge is 2.08. The lowest BCUT2D eigenvalue weighted by Gasteiger charge is -2.08. The van der Waals surface area contributed by atoms with Crippen LogP contribution in [0.15, 0.2) is 85.2 Å². The molecule has 6 nitrogen and oxygen atoms in total. The maximum atomic E-state index is 12.5. The van der Waals surface area contributed by atoms with Crippen molar-refractivity contribution in [2.75, 3.05) is 5.32 Å². The van der Waals surface area contributed by atoms with Crippen molar-refractivity contribution in [2.24, 2.45) is 0 Å². The van der Waals surface area contributed by atoms with Gasteiger partial charge < -0.3 is 5.32 Å². The highest BCUT2D eigenvalue weighted by molar-refractivity contribution is 6.04. The summed E-state index contributed by atoms with van der Waals surface area (Å²) in [5.74, 6) is -0.188. The molecule has 6 heteroatoms. The van der Waals surface area contributed by atoms with Crippen LogP contribution in [-0.2, 0) is 0 Å². The van der Waals surface area contributed by atoms with Gasteiger partial charge in [-0.15, -0.1) is 5.10 Å². The fourth-order valence-electron chi connectivity index (χ4n) is 2.65. The Bertz CT molecular complexity index is 1010. The Morgan fingerprint density at radius 2 is 1.62 bits per heavy atom. The number of anilines is 1. The molecule has 26 heavy (non-hydrogen) atoms. The van der Waals surface area contributed by atoms with Gasteiger partial charge in [-0.1, -0.05) is 48.5 Å². The summed E-state index contributed by atoms with van der Waals surface area (Å²) in [6.45, 7) is 0. The van der Waals surface area contributed by atoms with Crippen LogP contribution in [0.1, 0.15) is 10.4 Å². The highest BCUT2D eigenvalue weighted by atomic mass is 16.1. The molecule has 0 aliphatic carbocycles. The molecule has 0 aliphatic rings. The van der Waals surface area contributed by atoms with E-state index < -0.39 is 0 Å². The fraction of sp³-hybridized carbons (Fsp3) is 0. The molecule has 0 saturated carbocycles. The van der Waals surface area contributed by atoms with Crippen LogP contribution >= 0.6 is 0 Å². The third kappa shape index (κ3) is 3.34. The minimum absolute atomic E-state index is 0.188. The van der Waals surface area contributed by atoms with E-state index in [2.05, 4.69) is 33.0 Å². The van der Waals surface area contributed by atoms with Gasteiger partial charge in [0.05, 0.1) is 5.69 Å². The first-order chi connectivity index (χ1) is 12.8. The second-order valence-electron chi connectivity index (χ2n) is 5.70. The maximum absolute atomic E-state index is 12.5. The molecular weight excluding hydrogens is 326 g/mol. The Morgan fingerprint density at radius 1 is 0.846 bits per heavy atom. The zero-order chi connectivity index (χ0) is 17.8. The molecule has 0 unspecified atom stereocenters. The van der Waals surface area contributed by atoms with Gasteiger partial charge in [0, 0.05) is 11.3 Å². The number of carbonyl (C=O) groups is 1. The smallest absolute Gasteiger partial charge is 0.255 e. The molecule has 1 amide bonds. The summed E-state index contributed by atoms with van der Waals surface area (Å²) in [7, 11) is 0. The van der Waals surface area contributed by atoms with Crippen molar-refractivity contribution in [3.05, 3.63) is 90.8 Å². The molecule has 0 radical (unpaired) electrons. The molecule has 3 aromatic carbocycles. The average molecular weight is 341 g/mol. The lowest BCUT2D eigenvalue weighted by atomic mass is 10.1. The Hall–Kier alpha value is -3.80. The van der Waals surface area contributed by atoms with E-state index in [1.54, 1.807) is 18.2 Å². The number of nitrogens with zero attached hydrogens (tertiary/aromatic N) is 4. The van der Waals surface area contributed by atoms with E-state index in [1.165, 1.54) is 11.0 Å². The number of hydrogen-bond acceptors (Lipinski definition) is 4. The SMILES string of the molecule is O=C(Nc1ccc(-c2ccccc2)cc1)c1cccc(-n2cnnn2)c1. The van der Waals surface area contributed by atoms with Gasteiger partial charge in [0.1, 0.15) is 6.33 Å². The van der Waals surface area contributed by atoms with Crippen molar-refractivity contribution >= 4 is 11.6 Å². The Balaban J connectivity index is 1.51. The molecule has 0 saturated heterocycles. The number of aromatic nitrogens is 4. The van der Waals surface area contributed by atoms with Gasteiger partial charge in [0.25, 0.3) is 5.91 Å². The van der Waals surface area contributed by atoms with Crippen LogP contribution in [-0.4, -0.2) is 26.1 Å². The lowest BCUT2D eigenvalue weighted by Crippen LogP contribution is -2.12. The summed E-state index contributed by atoms with van der Waals surface area (Å²) < 4.78 is 1.51. The zero-order valence-electron chi connectivity index (χ0n) is 13.8. The Labute approximate surface area is 150 Å². The standard InChI is InChI=1S/C20H15N5O/c26-20(17-7-4-8-19(13-17)25-14-21-23-24-25)22-18-11-9-16(10-12-18)15-5-2-1-3-6-15/h1-14H,(H,22,26). The van der Waals surface area contributed by atoms with Crippen molar-refractivity contribution in [3.63, 3.8) is 0 Å². The molecule has 0 fully saturated rings. The van der Waals surface area contributed by atoms with E-state index >= 15 is 0 Å². The van der Waals surface area contributed by atoms with E-state index in [0.717, 1.165) is 22.5 Å². The molecule has 1 heterocycles. The minimum atomic E-state index is -0.188. The number of benzene rings is 3. The molecule has 0 spiro atoms. The van der Waals surface area contributed by atoms with E-state index in [4.69, 9.17) is 0 Å². The molecule has 4 aromatic rings. The van der Waals surface area contributed by atoms with Gasteiger partial charge in [0.15, 0.2) is 0 Å². The quantitative estimate of drug-likeness (QED) is 0.616. The van der Waals surface area contributed by atoms with Crippen LogP contribution in [0, 0.1) is 0 Å². The largest absolute Gasteiger partial charge is 0.322 e. The maximum Gasteiger partial charge on any atom is 0.255 e. The van der Waals surface area contributed by atoms with Gasteiger partial charge in [-0.25, -0.2) is 4.68 Å². The zero-order valence-corrected chi connectivity index (χ0v) is 13.8. The van der Waals surface area contributed by atoms with Crippen molar-refractivity contribution in [3.8, 4) is 16.8 Å². The topological polar surface area (TPSA) is 72.7 Å². The molecule has 0 bridgehead atoms. The van der Waals surface area contributed by atoms with Crippen LogP contribution in [0.25, 0.3) is 16.8 Å². The van der Waals surface area contributed by atoms with Crippen molar-refractivity contribution in [1.82, 2.24) is 20.2 Å². The van der Waals surface area contributed by atoms with E-state index in [1.807, 2.05) is 48.5 Å². The summed E-state index contributed by atoms with van der Waals surface area (Å²) >= 11 is 0. The van der Waals surface area contributed by atoms with E-state index in [9.17, 15) is 4.79 Å². The van der Waals surface area contributed by atoms with Crippen LogP contribution in [0.2, 0.25) is 0 Å². The number of hydrogen-bond donors (Lipinski definition) is 1. The van der Waals surface area contributed by atoms with Crippen LogP contribution in [0.3, 0.4) is 0 Å². The normalized spacial score (nSPS) is 10.5. The van der Waals surface area contributed by atoms with E-state index in [0.29, 0.717) is 5.56 Å². The second kappa shape index (κ2) is 6.98. The average Bonchev–Trinajstić information content (AvgIpc) is 3.24. The highest BCUT2D eigenvalue weighted by Crippen LogP contribution is 2.21.